The van der Waals surface area contributed by atoms with Crippen molar-refractivity contribution in [2.75, 3.05) is 7.11 Å². The molecule has 0 atom stereocenters. The van der Waals surface area contributed by atoms with Crippen LogP contribution in [0, 0.1) is 13.8 Å². The minimum absolute atomic E-state index is 0.223. The lowest BCUT2D eigenvalue weighted by atomic mass is 10.1. The Balaban J connectivity index is 1.61. The average Bonchev–Trinajstić information content (AvgIpc) is 2.82. The van der Waals surface area contributed by atoms with Crippen LogP contribution >= 0.6 is 0 Å². The van der Waals surface area contributed by atoms with Gasteiger partial charge in [0.25, 0.3) is 0 Å². The first kappa shape index (κ1) is 21.1. The molecule has 0 bridgehead atoms. The van der Waals surface area contributed by atoms with Gasteiger partial charge in [-0.1, -0.05) is 18.2 Å². The van der Waals surface area contributed by atoms with Crippen molar-refractivity contribution in [1.29, 1.82) is 0 Å². The molecule has 4 aromatic rings. The molecule has 0 aliphatic carbocycles. The fourth-order valence-electron chi connectivity index (χ4n) is 3.19. The number of ether oxygens (including phenoxy) is 1. The zero-order chi connectivity index (χ0) is 22.5. The van der Waals surface area contributed by atoms with E-state index in [1.54, 1.807) is 31.4 Å². The van der Waals surface area contributed by atoms with Crippen LogP contribution in [0.5, 0.6) is 5.75 Å². The van der Waals surface area contributed by atoms with Gasteiger partial charge in [0, 0.05) is 23.5 Å². The molecule has 6 heteroatoms. The number of aryl methyl sites for hydroxylation is 2. The Labute approximate surface area is 186 Å². The molecule has 0 amide bonds. The average molecular weight is 422 g/mol. The summed E-state index contributed by atoms with van der Waals surface area (Å²) >= 11 is 0. The van der Waals surface area contributed by atoms with Crippen LogP contribution < -0.4 is 4.74 Å². The molecule has 0 saturated carbocycles. The zero-order valence-corrected chi connectivity index (χ0v) is 18.1. The number of methoxy groups -OCH3 is 1. The fourth-order valence-corrected chi connectivity index (χ4v) is 3.19. The molecule has 0 fully saturated rings. The van der Waals surface area contributed by atoms with E-state index in [4.69, 9.17) is 4.74 Å². The number of hydrogen-bond donors (Lipinski definition) is 0. The number of carbonyl (C=O) groups excluding carboxylic acids is 1. The summed E-state index contributed by atoms with van der Waals surface area (Å²) < 4.78 is 5.41. The van der Waals surface area contributed by atoms with E-state index in [2.05, 4.69) is 19.9 Å². The van der Waals surface area contributed by atoms with Gasteiger partial charge in [0.15, 0.2) is 0 Å². The Morgan fingerprint density at radius 2 is 1.34 bits per heavy atom. The molecule has 0 aliphatic heterocycles. The van der Waals surface area contributed by atoms with Crippen LogP contribution in [0.4, 0.5) is 0 Å². The van der Waals surface area contributed by atoms with Gasteiger partial charge in [-0.15, -0.1) is 0 Å². The van der Waals surface area contributed by atoms with Gasteiger partial charge in [-0.05, 0) is 62.4 Å². The summed E-state index contributed by atoms with van der Waals surface area (Å²) in [7, 11) is 1.59. The van der Waals surface area contributed by atoms with E-state index in [1.165, 1.54) is 6.08 Å². The quantitative estimate of drug-likeness (QED) is 0.317. The molecule has 0 aliphatic rings. The summed E-state index contributed by atoms with van der Waals surface area (Å²) in [5.74, 6) is 0.412. The highest BCUT2D eigenvalue weighted by Crippen LogP contribution is 2.23. The smallest absolute Gasteiger partial charge is 0.204 e. The third-order valence-corrected chi connectivity index (χ3v) is 4.76. The SMILES string of the molecule is COc1cc(/C=C/C(=O)c2cccc(-c3cccc(C)n3)n2)nc(-c2cccc(C)n2)c1. The maximum atomic E-state index is 12.8. The molecule has 0 spiro atoms. The van der Waals surface area contributed by atoms with Crippen molar-refractivity contribution in [2.45, 2.75) is 13.8 Å². The second-order valence-electron chi connectivity index (χ2n) is 7.25. The van der Waals surface area contributed by atoms with Gasteiger partial charge in [0.05, 0.1) is 35.6 Å². The van der Waals surface area contributed by atoms with E-state index in [-0.39, 0.29) is 5.78 Å². The molecule has 0 aromatic carbocycles. The lowest BCUT2D eigenvalue weighted by Gasteiger charge is -2.06. The number of ketones is 1. The van der Waals surface area contributed by atoms with E-state index < -0.39 is 0 Å². The number of carbonyl (C=O) groups is 1. The largest absolute Gasteiger partial charge is 0.497 e. The number of aromatic nitrogens is 4. The van der Waals surface area contributed by atoms with Gasteiger partial charge in [0.1, 0.15) is 11.4 Å². The molecule has 4 rings (SSSR count). The standard InChI is InChI=1S/C26H22N4O2/c1-17-7-4-9-21(27-17)22-11-6-12-24(30-22)26(31)14-13-19-15-20(32-3)16-25(29-19)23-10-5-8-18(2)28-23/h4-16H,1-3H3/b14-13+. The van der Waals surface area contributed by atoms with Crippen molar-refractivity contribution < 1.29 is 9.53 Å². The highest BCUT2D eigenvalue weighted by Gasteiger charge is 2.09. The number of allylic oxidation sites excluding steroid dienone is 1. The van der Waals surface area contributed by atoms with Gasteiger partial charge in [-0.2, -0.15) is 0 Å². The Morgan fingerprint density at radius 3 is 1.97 bits per heavy atom. The second kappa shape index (κ2) is 9.31. The lowest BCUT2D eigenvalue weighted by molar-refractivity contribution is 0.104. The second-order valence-corrected chi connectivity index (χ2v) is 7.25. The molecular formula is C26H22N4O2. The molecule has 0 radical (unpaired) electrons. The van der Waals surface area contributed by atoms with E-state index in [9.17, 15) is 4.79 Å². The molecule has 158 valence electrons. The van der Waals surface area contributed by atoms with Crippen molar-refractivity contribution in [3.63, 3.8) is 0 Å². The van der Waals surface area contributed by atoms with Gasteiger partial charge in [0.2, 0.25) is 5.78 Å². The van der Waals surface area contributed by atoms with Crippen molar-refractivity contribution >= 4 is 11.9 Å². The van der Waals surface area contributed by atoms with Crippen LogP contribution in [0.25, 0.3) is 28.9 Å². The van der Waals surface area contributed by atoms with Gasteiger partial charge >= 0.3 is 0 Å². The number of pyridine rings is 4. The maximum absolute atomic E-state index is 12.8. The fraction of sp³-hybridized carbons (Fsp3) is 0.115. The van der Waals surface area contributed by atoms with Gasteiger partial charge in [-0.3, -0.25) is 14.8 Å². The minimum Gasteiger partial charge on any atom is -0.497 e. The first-order valence-electron chi connectivity index (χ1n) is 10.2. The number of rotatable bonds is 6. The van der Waals surface area contributed by atoms with Gasteiger partial charge in [-0.25, -0.2) is 9.97 Å². The Hall–Kier alpha value is -4.19. The van der Waals surface area contributed by atoms with Crippen molar-refractivity contribution in [3.8, 4) is 28.5 Å². The molecule has 4 aromatic heterocycles. The molecule has 0 N–H and O–H groups in total. The number of hydrogen-bond acceptors (Lipinski definition) is 6. The molecule has 0 unspecified atom stereocenters. The molecule has 4 heterocycles. The van der Waals surface area contributed by atoms with Gasteiger partial charge < -0.3 is 4.74 Å². The van der Waals surface area contributed by atoms with Crippen LogP contribution in [0.2, 0.25) is 0 Å². The number of nitrogens with zero attached hydrogens (tertiary/aromatic N) is 4. The van der Waals surface area contributed by atoms with E-state index in [0.717, 1.165) is 22.8 Å². The minimum atomic E-state index is -0.223. The van der Waals surface area contributed by atoms with Crippen LogP contribution in [0.1, 0.15) is 27.6 Å². The predicted molar refractivity (Wildman–Crippen MR) is 124 cm³/mol. The molecule has 6 nitrogen and oxygen atoms in total. The summed E-state index contributed by atoms with van der Waals surface area (Å²) in [5, 5.41) is 0. The van der Waals surface area contributed by atoms with Crippen LogP contribution in [-0.4, -0.2) is 32.8 Å². The van der Waals surface area contributed by atoms with E-state index in [1.807, 2.05) is 62.4 Å². The van der Waals surface area contributed by atoms with Crippen molar-refractivity contribution in [3.05, 3.63) is 95.6 Å². The van der Waals surface area contributed by atoms with E-state index >= 15 is 0 Å². The summed E-state index contributed by atoms with van der Waals surface area (Å²) in [4.78, 5) is 30.9. The third-order valence-electron chi connectivity index (χ3n) is 4.76. The van der Waals surface area contributed by atoms with Crippen molar-refractivity contribution in [2.24, 2.45) is 0 Å². The highest BCUT2D eigenvalue weighted by atomic mass is 16.5. The van der Waals surface area contributed by atoms with Crippen LogP contribution in [-0.2, 0) is 0 Å². The zero-order valence-electron chi connectivity index (χ0n) is 18.1. The summed E-state index contributed by atoms with van der Waals surface area (Å²) in [5.41, 5.74) is 5.51. The first-order chi connectivity index (χ1) is 15.5. The topological polar surface area (TPSA) is 77.9 Å². The van der Waals surface area contributed by atoms with E-state index in [0.29, 0.717) is 28.5 Å². The lowest BCUT2D eigenvalue weighted by Crippen LogP contribution is -2.00. The Kier molecular flexibility index (Phi) is 6.12. The highest BCUT2D eigenvalue weighted by molar-refractivity contribution is 6.05. The summed E-state index contributed by atoms with van der Waals surface area (Å²) in [6.45, 7) is 3.85. The molecule has 0 saturated heterocycles. The molecule has 32 heavy (non-hydrogen) atoms. The first-order valence-corrected chi connectivity index (χ1v) is 10.2. The van der Waals surface area contributed by atoms with Crippen LogP contribution in [0.3, 0.4) is 0 Å². The molecular weight excluding hydrogens is 400 g/mol. The summed E-state index contributed by atoms with van der Waals surface area (Å²) in [6, 6.07) is 20.4. The van der Waals surface area contributed by atoms with Crippen molar-refractivity contribution in [1.82, 2.24) is 19.9 Å². The Morgan fingerprint density at radius 1 is 0.750 bits per heavy atom. The Bertz CT molecular complexity index is 1310. The normalized spacial score (nSPS) is 11.0. The predicted octanol–water partition coefficient (Wildman–Crippen LogP) is 5.12. The maximum Gasteiger partial charge on any atom is 0.204 e. The third kappa shape index (κ3) is 4.92. The van der Waals surface area contributed by atoms with Crippen LogP contribution in [0.15, 0.2) is 72.8 Å². The summed E-state index contributed by atoms with van der Waals surface area (Å²) in [6.07, 6.45) is 3.12. The monoisotopic (exact) mass is 422 g/mol.